The van der Waals surface area contributed by atoms with Crippen molar-refractivity contribution in [3.05, 3.63) is 58.7 Å². The van der Waals surface area contributed by atoms with Gasteiger partial charge in [-0.3, -0.25) is 4.68 Å². The molecule has 29 heavy (non-hydrogen) atoms. The van der Waals surface area contributed by atoms with Gasteiger partial charge in [-0.1, -0.05) is 0 Å². The van der Waals surface area contributed by atoms with Crippen LogP contribution >= 0.6 is 15.9 Å². The Kier molecular flexibility index (Phi) is 6.17. The highest BCUT2D eigenvalue weighted by atomic mass is 79.9. The quantitative estimate of drug-likeness (QED) is 0.499. The van der Waals surface area contributed by atoms with E-state index in [0.29, 0.717) is 11.4 Å². The van der Waals surface area contributed by atoms with Crippen LogP contribution in [-0.2, 0) is 0 Å². The van der Waals surface area contributed by atoms with Gasteiger partial charge in [0.25, 0.3) is 0 Å². The standard InChI is InChI=1S/C20H19BrF2N4O2/c1-11(2)27-19(15(21)10-24-27)14-8-12(5-7-18(14)29-3)25-20(28)26-13-4-6-16(22)17(23)9-13/h4-11H,1-3H3,(H2,25,26,28). The number of urea groups is 1. The van der Waals surface area contributed by atoms with Gasteiger partial charge in [0.1, 0.15) is 5.75 Å². The van der Waals surface area contributed by atoms with Crippen LogP contribution in [0, 0.1) is 11.6 Å². The number of hydrogen-bond acceptors (Lipinski definition) is 3. The maximum absolute atomic E-state index is 13.3. The average Bonchev–Trinajstić information content (AvgIpc) is 3.06. The molecule has 152 valence electrons. The van der Waals surface area contributed by atoms with E-state index >= 15 is 0 Å². The minimum Gasteiger partial charge on any atom is -0.496 e. The van der Waals surface area contributed by atoms with Crippen molar-refractivity contribution in [2.75, 3.05) is 17.7 Å². The lowest BCUT2D eigenvalue weighted by Crippen LogP contribution is -2.19. The van der Waals surface area contributed by atoms with Gasteiger partial charge in [0, 0.05) is 29.0 Å². The largest absolute Gasteiger partial charge is 0.496 e. The SMILES string of the molecule is COc1ccc(NC(=O)Nc2ccc(F)c(F)c2)cc1-c1c(Br)cnn1C(C)C. The van der Waals surface area contributed by atoms with E-state index < -0.39 is 17.7 Å². The zero-order valence-electron chi connectivity index (χ0n) is 16.0. The third kappa shape index (κ3) is 4.56. The summed E-state index contributed by atoms with van der Waals surface area (Å²) in [4.78, 5) is 12.3. The number of rotatable bonds is 5. The highest BCUT2D eigenvalue weighted by molar-refractivity contribution is 9.10. The van der Waals surface area contributed by atoms with Crippen molar-refractivity contribution in [3.8, 4) is 17.0 Å². The molecule has 0 aliphatic carbocycles. The van der Waals surface area contributed by atoms with E-state index in [2.05, 4.69) is 31.7 Å². The molecule has 0 aliphatic rings. The molecule has 9 heteroatoms. The van der Waals surface area contributed by atoms with Gasteiger partial charge in [0.2, 0.25) is 0 Å². The number of ether oxygens (including phenoxy) is 1. The zero-order valence-corrected chi connectivity index (χ0v) is 17.5. The van der Waals surface area contributed by atoms with Crippen molar-refractivity contribution >= 4 is 33.3 Å². The number of benzene rings is 2. The van der Waals surface area contributed by atoms with Gasteiger partial charge in [0.15, 0.2) is 11.6 Å². The molecule has 2 aromatic carbocycles. The highest BCUT2D eigenvalue weighted by Crippen LogP contribution is 2.38. The summed E-state index contributed by atoms with van der Waals surface area (Å²) in [5, 5.41) is 9.52. The molecule has 2 N–H and O–H groups in total. The Bertz CT molecular complexity index is 1050. The summed E-state index contributed by atoms with van der Waals surface area (Å²) in [5.41, 5.74) is 2.16. The van der Waals surface area contributed by atoms with Crippen LogP contribution in [0.1, 0.15) is 19.9 Å². The monoisotopic (exact) mass is 464 g/mol. The fourth-order valence-electron chi connectivity index (χ4n) is 2.82. The maximum Gasteiger partial charge on any atom is 0.323 e. The zero-order chi connectivity index (χ0) is 21.1. The Morgan fingerprint density at radius 3 is 2.38 bits per heavy atom. The molecule has 0 saturated heterocycles. The first-order valence-corrected chi connectivity index (χ1v) is 9.54. The van der Waals surface area contributed by atoms with Crippen molar-refractivity contribution < 1.29 is 18.3 Å². The number of halogens is 3. The van der Waals surface area contributed by atoms with Crippen molar-refractivity contribution in [1.29, 1.82) is 0 Å². The van der Waals surface area contributed by atoms with Gasteiger partial charge in [-0.05, 0) is 60.1 Å². The Morgan fingerprint density at radius 2 is 1.76 bits per heavy atom. The van der Waals surface area contributed by atoms with E-state index in [-0.39, 0.29) is 11.7 Å². The topological polar surface area (TPSA) is 68.2 Å². The van der Waals surface area contributed by atoms with Crippen molar-refractivity contribution in [3.63, 3.8) is 0 Å². The number of amides is 2. The number of carbonyl (C=O) groups excluding carboxylic acids is 1. The van der Waals surface area contributed by atoms with Gasteiger partial charge in [-0.2, -0.15) is 5.10 Å². The van der Waals surface area contributed by atoms with E-state index in [4.69, 9.17) is 4.74 Å². The second kappa shape index (κ2) is 8.60. The van der Waals surface area contributed by atoms with Crippen LogP contribution in [0.2, 0.25) is 0 Å². The van der Waals surface area contributed by atoms with Crippen LogP contribution in [0.25, 0.3) is 11.3 Å². The minimum atomic E-state index is -1.04. The lowest BCUT2D eigenvalue weighted by molar-refractivity contribution is 0.262. The van der Waals surface area contributed by atoms with Gasteiger partial charge < -0.3 is 15.4 Å². The summed E-state index contributed by atoms with van der Waals surface area (Å²) in [5.74, 6) is -1.41. The first-order valence-electron chi connectivity index (χ1n) is 8.74. The van der Waals surface area contributed by atoms with E-state index in [1.807, 2.05) is 18.5 Å². The summed E-state index contributed by atoms with van der Waals surface area (Å²) in [6, 6.07) is 7.80. The Hall–Kier alpha value is -2.94. The predicted octanol–water partition coefficient (Wildman–Crippen LogP) is 5.82. The summed E-state index contributed by atoms with van der Waals surface area (Å²) >= 11 is 3.51. The van der Waals surface area contributed by atoms with Crippen LogP contribution in [0.5, 0.6) is 5.75 Å². The van der Waals surface area contributed by atoms with Crippen molar-refractivity contribution in [2.45, 2.75) is 19.9 Å². The fraction of sp³-hybridized carbons (Fsp3) is 0.200. The fourth-order valence-corrected chi connectivity index (χ4v) is 3.31. The van der Waals surface area contributed by atoms with Gasteiger partial charge in [0.05, 0.1) is 23.5 Å². The molecular weight excluding hydrogens is 446 g/mol. The van der Waals surface area contributed by atoms with Crippen molar-refractivity contribution in [2.24, 2.45) is 0 Å². The third-order valence-corrected chi connectivity index (χ3v) is 4.71. The summed E-state index contributed by atoms with van der Waals surface area (Å²) in [6.07, 6.45) is 1.70. The molecular formula is C20H19BrF2N4O2. The highest BCUT2D eigenvalue weighted by Gasteiger charge is 2.18. The first-order chi connectivity index (χ1) is 13.8. The molecule has 0 bridgehead atoms. The van der Waals surface area contributed by atoms with Crippen molar-refractivity contribution in [1.82, 2.24) is 9.78 Å². The molecule has 0 unspecified atom stereocenters. The predicted molar refractivity (Wildman–Crippen MR) is 111 cm³/mol. The smallest absolute Gasteiger partial charge is 0.323 e. The maximum atomic E-state index is 13.3. The minimum absolute atomic E-state index is 0.106. The van der Waals surface area contributed by atoms with E-state index in [9.17, 15) is 13.6 Å². The van der Waals surface area contributed by atoms with Crippen LogP contribution < -0.4 is 15.4 Å². The van der Waals surface area contributed by atoms with Crippen LogP contribution in [0.15, 0.2) is 47.1 Å². The molecule has 0 radical (unpaired) electrons. The first kappa shape index (κ1) is 20.8. The van der Waals surface area contributed by atoms with E-state index in [0.717, 1.165) is 27.9 Å². The molecule has 0 spiro atoms. The Morgan fingerprint density at radius 1 is 1.10 bits per heavy atom. The molecule has 3 aromatic rings. The van der Waals surface area contributed by atoms with Gasteiger partial charge >= 0.3 is 6.03 Å². The summed E-state index contributed by atoms with van der Waals surface area (Å²) in [6.45, 7) is 4.01. The number of nitrogens with one attached hydrogen (secondary N) is 2. The van der Waals surface area contributed by atoms with Crippen LogP contribution in [-0.4, -0.2) is 22.9 Å². The molecule has 0 saturated carbocycles. The second-order valence-corrected chi connectivity index (χ2v) is 7.36. The lowest BCUT2D eigenvalue weighted by atomic mass is 10.1. The number of anilines is 2. The molecule has 0 atom stereocenters. The number of hydrogen-bond donors (Lipinski definition) is 2. The molecule has 1 heterocycles. The molecule has 6 nitrogen and oxygen atoms in total. The summed E-state index contributed by atoms with van der Waals surface area (Å²) in [7, 11) is 1.56. The molecule has 0 fully saturated rings. The number of aromatic nitrogens is 2. The van der Waals surface area contributed by atoms with E-state index in [1.54, 1.807) is 31.5 Å². The molecule has 1 aromatic heterocycles. The number of carbonyl (C=O) groups is 1. The lowest BCUT2D eigenvalue weighted by Gasteiger charge is -2.16. The Balaban J connectivity index is 1.88. The molecule has 0 aliphatic heterocycles. The third-order valence-electron chi connectivity index (χ3n) is 4.13. The van der Waals surface area contributed by atoms with Crippen LogP contribution in [0.4, 0.5) is 25.0 Å². The average molecular weight is 465 g/mol. The van der Waals surface area contributed by atoms with E-state index in [1.165, 1.54) is 6.07 Å². The van der Waals surface area contributed by atoms with Gasteiger partial charge in [-0.25, -0.2) is 13.6 Å². The molecule has 2 amide bonds. The number of nitrogens with zero attached hydrogens (tertiary/aromatic N) is 2. The Labute approximate surface area is 175 Å². The van der Waals surface area contributed by atoms with Crippen LogP contribution in [0.3, 0.4) is 0 Å². The second-order valence-electron chi connectivity index (χ2n) is 6.50. The normalized spacial score (nSPS) is 10.9. The van der Waals surface area contributed by atoms with Gasteiger partial charge in [-0.15, -0.1) is 0 Å². The molecule has 3 rings (SSSR count). The summed E-state index contributed by atoms with van der Waals surface area (Å²) < 4.78 is 34.4. The number of methoxy groups -OCH3 is 1.